The number of aromatic carboxylic acids is 1. The lowest BCUT2D eigenvalue weighted by Crippen LogP contribution is -1.89. The first kappa shape index (κ1) is 10.8. The van der Waals surface area contributed by atoms with Crippen LogP contribution in [0.1, 0.15) is 15.2 Å². The molecule has 1 heterocycles. The number of hydrogen-bond donors (Lipinski definition) is 1. The van der Waals surface area contributed by atoms with Crippen LogP contribution in [0.15, 0.2) is 24.4 Å². The highest BCUT2D eigenvalue weighted by molar-refractivity contribution is 7.16. The summed E-state index contributed by atoms with van der Waals surface area (Å²) in [5.41, 5.74) is 1.39. The third kappa shape index (κ3) is 2.09. The van der Waals surface area contributed by atoms with E-state index in [1.807, 2.05) is 0 Å². The summed E-state index contributed by atoms with van der Waals surface area (Å²) < 4.78 is 13.1. The van der Waals surface area contributed by atoms with Crippen molar-refractivity contribution in [3.63, 3.8) is 0 Å². The van der Waals surface area contributed by atoms with E-state index < -0.39 is 5.97 Å². The van der Waals surface area contributed by atoms with Crippen molar-refractivity contribution in [3.05, 3.63) is 40.7 Å². The number of halogens is 1. The van der Waals surface area contributed by atoms with Crippen LogP contribution in [0.3, 0.4) is 0 Å². The van der Waals surface area contributed by atoms with Gasteiger partial charge in [0.2, 0.25) is 0 Å². The predicted molar refractivity (Wildman–Crippen MR) is 59.2 cm³/mol. The van der Waals surface area contributed by atoms with Crippen LogP contribution in [0, 0.1) is 12.7 Å². The quantitative estimate of drug-likeness (QED) is 0.873. The Bertz CT molecular complexity index is 530. The third-order valence-corrected chi connectivity index (χ3v) is 3.04. The second kappa shape index (κ2) is 4.02. The van der Waals surface area contributed by atoms with E-state index in [0.29, 0.717) is 10.6 Å². The zero-order valence-electron chi connectivity index (χ0n) is 8.40. The highest BCUT2D eigenvalue weighted by Crippen LogP contribution is 2.26. The van der Waals surface area contributed by atoms with Gasteiger partial charge in [0.15, 0.2) is 0 Å². The maximum atomic E-state index is 13.1. The Balaban J connectivity index is 2.46. The lowest BCUT2D eigenvalue weighted by Gasteiger charge is -1.98. The van der Waals surface area contributed by atoms with Gasteiger partial charge in [-0.2, -0.15) is 0 Å². The standard InChI is InChI=1S/C11H8FNO2S/c1-6-2-7(4-8(12)3-6)10-13-5-9(16-10)11(14)15/h2-5H,1H3,(H,14,15). The third-order valence-electron chi connectivity index (χ3n) is 2.01. The number of benzene rings is 1. The average Bonchev–Trinajstić information content (AvgIpc) is 2.64. The van der Waals surface area contributed by atoms with Gasteiger partial charge in [0.1, 0.15) is 15.7 Å². The lowest BCUT2D eigenvalue weighted by atomic mass is 10.1. The molecular weight excluding hydrogens is 229 g/mol. The van der Waals surface area contributed by atoms with Gasteiger partial charge in [0.25, 0.3) is 0 Å². The highest BCUT2D eigenvalue weighted by Gasteiger charge is 2.10. The van der Waals surface area contributed by atoms with Crippen LogP contribution in [0.2, 0.25) is 0 Å². The van der Waals surface area contributed by atoms with Crippen LogP contribution in [0.4, 0.5) is 4.39 Å². The van der Waals surface area contributed by atoms with Crippen LogP contribution in [-0.4, -0.2) is 16.1 Å². The molecule has 0 aliphatic rings. The molecule has 0 unspecified atom stereocenters. The SMILES string of the molecule is Cc1cc(F)cc(-c2ncc(C(=O)O)s2)c1. The van der Waals surface area contributed by atoms with Crippen molar-refractivity contribution in [1.82, 2.24) is 4.98 Å². The molecule has 0 fully saturated rings. The largest absolute Gasteiger partial charge is 0.477 e. The van der Waals surface area contributed by atoms with E-state index in [1.54, 1.807) is 13.0 Å². The van der Waals surface area contributed by atoms with Crippen LogP contribution in [0.25, 0.3) is 10.6 Å². The molecule has 0 aliphatic heterocycles. The van der Waals surface area contributed by atoms with Crippen molar-refractivity contribution in [2.75, 3.05) is 0 Å². The summed E-state index contributed by atoms with van der Waals surface area (Å²) in [5, 5.41) is 9.26. The van der Waals surface area contributed by atoms with Gasteiger partial charge in [0.05, 0.1) is 6.20 Å². The highest BCUT2D eigenvalue weighted by atomic mass is 32.1. The smallest absolute Gasteiger partial charge is 0.347 e. The van der Waals surface area contributed by atoms with Gasteiger partial charge in [-0.25, -0.2) is 14.2 Å². The Morgan fingerprint density at radius 1 is 1.44 bits per heavy atom. The van der Waals surface area contributed by atoms with Gasteiger partial charge in [-0.3, -0.25) is 0 Å². The first-order chi connectivity index (χ1) is 7.56. The molecule has 0 spiro atoms. The predicted octanol–water partition coefficient (Wildman–Crippen LogP) is 2.96. The Hall–Kier alpha value is -1.75. The van der Waals surface area contributed by atoms with Crippen molar-refractivity contribution in [1.29, 1.82) is 0 Å². The second-order valence-corrected chi connectivity index (χ2v) is 4.38. The lowest BCUT2D eigenvalue weighted by molar-refractivity contribution is 0.0702. The van der Waals surface area contributed by atoms with Gasteiger partial charge in [-0.15, -0.1) is 11.3 Å². The molecule has 1 aromatic carbocycles. The van der Waals surface area contributed by atoms with Crippen molar-refractivity contribution < 1.29 is 14.3 Å². The molecule has 5 heteroatoms. The summed E-state index contributed by atoms with van der Waals surface area (Å²) in [4.78, 5) is 14.8. The zero-order valence-corrected chi connectivity index (χ0v) is 9.21. The second-order valence-electron chi connectivity index (χ2n) is 3.35. The number of thiazole rings is 1. The first-order valence-electron chi connectivity index (χ1n) is 4.53. The van der Waals surface area contributed by atoms with Gasteiger partial charge >= 0.3 is 5.97 Å². The average molecular weight is 237 g/mol. The zero-order chi connectivity index (χ0) is 11.7. The number of carboxylic acids is 1. The van der Waals surface area contributed by atoms with Gasteiger partial charge in [-0.05, 0) is 30.7 Å². The summed E-state index contributed by atoms with van der Waals surface area (Å²) >= 11 is 1.03. The molecule has 0 amide bonds. The minimum absolute atomic E-state index is 0.150. The number of rotatable bonds is 2. The molecule has 0 saturated heterocycles. The minimum Gasteiger partial charge on any atom is -0.477 e. The van der Waals surface area contributed by atoms with E-state index in [4.69, 9.17) is 5.11 Å². The van der Waals surface area contributed by atoms with Crippen LogP contribution < -0.4 is 0 Å². The Labute approximate surface area is 95.2 Å². The van der Waals surface area contributed by atoms with E-state index >= 15 is 0 Å². The number of aromatic nitrogens is 1. The fourth-order valence-corrected chi connectivity index (χ4v) is 2.11. The molecule has 0 radical (unpaired) electrons. The molecule has 0 atom stereocenters. The molecule has 16 heavy (non-hydrogen) atoms. The van der Waals surface area contributed by atoms with Crippen molar-refractivity contribution in [3.8, 4) is 10.6 Å². The van der Waals surface area contributed by atoms with E-state index in [0.717, 1.165) is 16.9 Å². The van der Waals surface area contributed by atoms with Crippen molar-refractivity contribution >= 4 is 17.3 Å². The number of aryl methyl sites for hydroxylation is 1. The minimum atomic E-state index is -1.02. The van der Waals surface area contributed by atoms with Gasteiger partial charge < -0.3 is 5.11 Å². The molecule has 1 N–H and O–H groups in total. The monoisotopic (exact) mass is 237 g/mol. The summed E-state index contributed by atoms with van der Waals surface area (Å²) in [7, 11) is 0. The van der Waals surface area contributed by atoms with E-state index in [1.165, 1.54) is 18.3 Å². The molecule has 0 saturated carbocycles. The fraction of sp³-hybridized carbons (Fsp3) is 0.0909. The molecule has 0 aliphatic carbocycles. The molecule has 0 bridgehead atoms. The van der Waals surface area contributed by atoms with E-state index in [9.17, 15) is 9.18 Å². The first-order valence-corrected chi connectivity index (χ1v) is 5.34. The molecule has 2 rings (SSSR count). The number of carbonyl (C=O) groups is 1. The van der Waals surface area contributed by atoms with Crippen LogP contribution >= 0.6 is 11.3 Å². The van der Waals surface area contributed by atoms with E-state index in [-0.39, 0.29) is 10.7 Å². The van der Waals surface area contributed by atoms with Crippen molar-refractivity contribution in [2.24, 2.45) is 0 Å². The molecule has 3 nitrogen and oxygen atoms in total. The topological polar surface area (TPSA) is 50.2 Å². The number of hydrogen-bond acceptors (Lipinski definition) is 3. The molecular formula is C11H8FNO2S. The van der Waals surface area contributed by atoms with Gasteiger partial charge in [-0.1, -0.05) is 0 Å². The van der Waals surface area contributed by atoms with Crippen LogP contribution in [0.5, 0.6) is 0 Å². The summed E-state index contributed by atoms with van der Waals surface area (Å²) in [6.07, 6.45) is 1.28. The number of carboxylic acid groups (broad SMARTS) is 1. The number of nitrogens with zero attached hydrogens (tertiary/aromatic N) is 1. The van der Waals surface area contributed by atoms with Gasteiger partial charge in [0, 0.05) is 5.56 Å². The summed E-state index contributed by atoms with van der Waals surface area (Å²) in [5.74, 6) is -1.36. The van der Waals surface area contributed by atoms with Crippen LogP contribution in [-0.2, 0) is 0 Å². The molecule has 82 valence electrons. The Kier molecular flexibility index (Phi) is 2.70. The fourth-order valence-electron chi connectivity index (χ4n) is 1.37. The summed E-state index contributed by atoms with van der Waals surface area (Å²) in [6, 6.07) is 4.53. The Morgan fingerprint density at radius 2 is 2.19 bits per heavy atom. The molecule has 1 aromatic heterocycles. The maximum Gasteiger partial charge on any atom is 0.347 e. The Morgan fingerprint density at radius 3 is 2.75 bits per heavy atom. The van der Waals surface area contributed by atoms with Crippen molar-refractivity contribution in [2.45, 2.75) is 6.92 Å². The summed E-state index contributed by atoms with van der Waals surface area (Å²) in [6.45, 7) is 1.78. The normalized spacial score (nSPS) is 10.4. The maximum absolute atomic E-state index is 13.1. The van der Waals surface area contributed by atoms with E-state index in [2.05, 4.69) is 4.98 Å². The molecule has 2 aromatic rings.